The maximum atomic E-state index is 12.8. The van der Waals surface area contributed by atoms with Crippen LogP contribution in [0, 0.1) is 6.92 Å². The monoisotopic (exact) mass is 280 g/mol. The molecule has 3 rings (SSSR count). The molecule has 0 aliphatic carbocycles. The number of hydrogen-bond donors (Lipinski definition) is 1. The molecule has 0 spiro atoms. The van der Waals surface area contributed by atoms with E-state index in [1.807, 2.05) is 42.2 Å². The average molecular weight is 280 g/mol. The van der Waals surface area contributed by atoms with Gasteiger partial charge < -0.3 is 10.6 Å². The molecule has 1 unspecified atom stereocenters. The average Bonchev–Trinajstić information content (AvgIpc) is 2.97. The van der Waals surface area contributed by atoms with Crippen LogP contribution < -0.4 is 5.73 Å². The van der Waals surface area contributed by atoms with Crippen molar-refractivity contribution < 1.29 is 4.79 Å². The zero-order valence-corrected chi connectivity index (χ0v) is 12.3. The molecule has 1 aliphatic heterocycles. The van der Waals surface area contributed by atoms with Crippen LogP contribution in [0.2, 0.25) is 0 Å². The number of carbonyl (C=O) groups is 1. The van der Waals surface area contributed by atoms with E-state index in [-0.39, 0.29) is 11.9 Å². The summed E-state index contributed by atoms with van der Waals surface area (Å²) in [6, 6.07) is 16.0. The number of aryl methyl sites for hydroxylation is 1. The van der Waals surface area contributed by atoms with Gasteiger partial charge in [-0.25, -0.2) is 0 Å². The van der Waals surface area contributed by atoms with Crippen molar-refractivity contribution in [2.75, 3.05) is 12.3 Å². The molecular formula is C18H20N2O. The van der Waals surface area contributed by atoms with Crippen molar-refractivity contribution in [1.82, 2.24) is 4.90 Å². The van der Waals surface area contributed by atoms with Crippen molar-refractivity contribution >= 4 is 11.6 Å². The molecule has 0 aromatic heterocycles. The lowest BCUT2D eigenvalue weighted by molar-refractivity contribution is 0.0735. The Hall–Kier alpha value is -2.29. The molecule has 0 bridgehead atoms. The van der Waals surface area contributed by atoms with Gasteiger partial charge in [0, 0.05) is 17.8 Å². The van der Waals surface area contributed by atoms with Gasteiger partial charge in [0.25, 0.3) is 5.91 Å². The van der Waals surface area contributed by atoms with Gasteiger partial charge in [0.15, 0.2) is 0 Å². The van der Waals surface area contributed by atoms with Gasteiger partial charge >= 0.3 is 0 Å². The predicted molar refractivity (Wildman–Crippen MR) is 85.0 cm³/mol. The fourth-order valence-electron chi connectivity index (χ4n) is 3.11. The summed E-state index contributed by atoms with van der Waals surface area (Å²) in [7, 11) is 0. The molecule has 3 heteroatoms. The smallest absolute Gasteiger partial charge is 0.254 e. The molecule has 1 saturated heterocycles. The first-order valence-corrected chi connectivity index (χ1v) is 7.39. The molecule has 0 radical (unpaired) electrons. The summed E-state index contributed by atoms with van der Waals surface area (Å²) in [5.74, 6) is 0.110. The van der Waals surface area contributed by atoms with Crippen molar-refractivity contribution in [3.8, 4) is 0 Å². The molecule has 21 heavy (non-hydrogen) atoms. The van der Waals surface area contributed by atoms with Crippen LogP contribution in [0.15, 0.2) is 48.5 Å². The minimum atomic E-state index is 0.110. The van der Waals surface area contributed by atoms with Crippen molar-refractivity contribution in [1.29, 1.82) is 0 Å². The molecule has 1 aliphatic rings. The van der Waals surface area contributed by atoms with Crippen molar-refractivity contribution in [3.63, 3.8) is 0 Å². The summed E-state index contributed by atoms with van der Waals surface area (Å²) in [4.78, 5) is 14.8. The Kier molecular flexibility index (Phi) is 3.65. The molecular weight excluding hydrogens is 260 g/mol. The van der Waals surface area contributed by atoms with Gasteiger partial charge in [0.2, 0.25) is 0 Å². The number of likely N-dealkylation sites (tertiary alicyclic amines) is 1. The van der Waals surface area contributed by atoms with E-state index in [2.05, 4.69) is 12.1 Å². The maximum Gasteiger partial charge on any atom is 0.254 e. The van der Waals surface area contributed by atoms with Gasteiger partial charge in [-0.15, -0.1) is 0 Å². The highest BCUT2D eigenvalue weighted by Gasteiger charge is 2.30. The Morgan fingerprint density at radius 3 is 2.67 bits per heavy atom. The molecule has 0 saturated carbocycles. The zero-order valence-electron chi connectivity index (χ0n) is 12.3. The van der Waals surface area contributed by atoms with Crippen molar-refractivity contribution in [2.45, 2.75) is 25.8 Å². The molecule has 2 aromatic rings. The number of hydrogen-bond acceptors (Lipinski definition) is 2. The fourth-order valence-corrected chi connectivity index (χ4v) is 3.11. The summed E-state index contributed by atoms with van der Waals surface area (Å²) in [6.45, 7) is 2.76. The normalized spacial score (nSPS) is 18.0. The number of carbonyl (C=O) groups excluding carboxylic acids is 1. The summed E-state index contributed by atoms with van der Waals surface area (Å²) in [6.07, 6.45) is 2.09. The van der Waals surface area contributed by atoms with E-state index >= 15 is 0 Å². The summed E-state index contributed by atoms with van der Waals surface area (Å²) in [5.41, 5.74) is 9.39. The number of nitrogens with two attached hydrogens (primary N) is 1. The lowest BCUT2D eigenvalue weighted by Crippen LogP contribution is -2.31. The van der Waals surface area contributed by atoms with E-state index in [4.69, 9.17) is 5.73 Å². The Labute approximate surface area is 125 Å². The number of nitrogen functional groups attached to an aromatic ring is 1. The topological polar surface area (TPSA) is 46.3 Å². The fraction of sp³-hybridized carbons (Fsp3) is 0.278. The number of amides is 1. The van der Waals surface area contributed by atoms with Crippen LogP contribution in [0.5, 0.6) is 0 Å². The second kappa shape index (κ2) is 5.60. The van der Waals surface area contributed by atoms with E-state index in [0.29, 0.717) is 5.69 Å². The molecule has 2 N–H and O–H groups in total. The quantitative estimate of drug-likeness (QED) is 0.855. The van der Waals surface area contributed by atoms with Crippen molar-refractivity contribution in [3.05, 3.63) is 65.2 Å². The van der Waals surface area contributed by atoms with Crippen LogP contribution >= 0.6 is 0 Å². The number of benzene rings is 2. The highest BCUT2D eigenvalue weighted by Crippen LogP contribution is 2.33. The SMILES string of the molecule is Cc1cc(N)ccc1C(=O)N1CCCC1c1ccccc1. The second-order valence-electron chi connectivity index (χ2n) is 5.64. The van der Waals surface area contributed by atoms with Gasteiger partial charge in [-0.05, 0) is 49.1 Å². The Morgan fingerprint density at radius 2 is 1.95 bits per heavy atom. The van der Waals surface area contributed by atoms with Crippen LogP contribution in [-0.4, -0.2) is 17.4 Å². The van der Waals surface area contributed by atoms with E-state index in [0.717, 1.165) is 30.5 Å². The lowest BCUT2D eigenvalue weighted by Gasteiger charge is -2.26. The van der Waals surface area contributed by atoms with Crippen LogP contribution in [0.1, 0.15) is 40.4 Å². The first-order valence-electron chi connectivity index (χ1n) is 7.39. The van der Waals surface area contributed by atoms with Gasteiger partial charge in [-0.3, -0.25) is 4.79 Å². The van der Waals surface area contributed by atoms with Gasteiger partial charge in [0.1, 0.15) is 0 Å². The molecule has 1 amide bonds. The minimum Gasteiger partial charge on any atom is -0.399 e. The van der Waals surface area contributed by atoms with E-state index in [9.17, 15) is 4.79 Å². The molecule has 1 atom stereocenters. The molecule has 3 nitrogen and oxygen atoms in total. The summed E-state index contributed by atoms with van der Waals surface area (Å²) in [5, 5.41) is 0. The Bertz CT molecular complexity index is 652. The highest BCUT2D eigenvalue weighted by atomic mass is 16.2. The second-order valence-corrected chi connectivity index (χ2v) is 5.64. The van der Waals surface area contributed by atoms with Gasteiger partial charge in [-0.2, -0.15) is 0 Å². The molecule has 1 fully saturated rings. The van der Waals surface area contributed by atoms with Gasteiger partial charge in [-0.1, -0.05) is 30.3 Å². The summed E-state index contributed by atoms with van der Waals surface area (Å²) < 4.78 is 0. The molecule has 1 heterocycles. The zero-order chi connectivity index (χ0) is 14.8. The number of rotatable bonds is 2. The third-order valence-corrected chi connectivity index (χ3v) is 4.18. The summed E-state index contributed by atoms with van der Waals surface area (Å²) >= 11 is 0. The Balaban J connectivity index is 1.90. The minimum absolute atomic E-state index is 0.110. The van der Waals surface area contributed by atoms with E-state index in [1.165, 1.54) is 5.56 Å². The third kappa shape index (κ3) is 2.64. The molecule has 2 aromatic carbocycles. The number of anilines is 1. The maximum absolute atomic E-state index is 12.8. The largest absolute Gasteiger partial charge is 0.399 e. The number of nitrogens with zero attached hydrogens (tertiary/aromatic N) is 1. The molecule has 108 valence electrons. The third-order valence-electron chi connectivity index (χ3n) is 4.18. The lowest BCUT2D eigenvalue weighted by atomic mass is 10.0. The highest BCUT2D eigenvalue weighted by molar-refractivity contribution is 5.96. The van der Waals surface area contributed by atoms with Crippen LogP contribution in [0.25, 0.3) is 0 Å². The van der Waals surface area contributed by atoms with E-state index in [1.54, 1.807) is 6.07 Å². The van der Waals surface area contributed by atoms with Crippen LogP contribution in [-0.2, 0) is 0 Å². The Morgan fingerprint density at radius 1 is 1.19 bits per heavy atom. The first-order chi connectivity index (χ1) is 10.2. The standard InChI is InChI=1S/C18H20N2O/c1-13-12-15(19)9-10-16(13)18(21)20-11-5-8-17(20)14-6-3-2-4-7-14/h2-4,6-7,9-10,12,17H,5,8,11,19H2,1H3. The van der Waals surface area contributed by atoms with Crippen molar-refractivity contribution in [2.24, 2.45) is 0 Å². The van der Waals surface area contributed by atoms with Crippen LogP contribution in [0.3, 0.4) is 0 Å². The van der Waals surface area contributed by atoms with Gasteiger partial charge in [0.05, 0.1) is 6.04 Å². The van der Waals surface area contributed by atoms with Crippen LogP contribution in [0.4, 0.5) is 5.69 Å². The van der Waals surface area contributed by atoms with E-state index < -0.39 is 0 Å². The first kappa shape index (κ1) is 13.7. The predicted octanol–water partition coefficient (Wildman–Crippen LogP) is 3.55.